The summed E-state index contributed by atoms with van der Waals surface area (Å²) in [6, 6.07) is 11.4. The third kappa shape index (κ3) is 7.08. The van der Waals surface area contributed by atoms with E-state index in [2.05, 4.69) is 10.3 Å². The molecule has 7 nitrogen and oxygen atoms in total. The molecule has 0 aliphatic rings. The van der Waals surface area contributed by atoms with E-state index in [4.69, 9.17) is 34.7 Å². The number of carbonyl (C=O) groups is 3. The van der Waals surface area contributed by atoms with Crippen molar-refractivity contribution in [2.75, 3.05) is 5.73 Å². The lowest BCUT2D eigenvalue weighted by molar-refractivity contribution is -0.122. The second kappa shape index (κ2) is 10.9. The molecule has 0 bridgehead atoms. The molecule has 2 aromatic carbocycles. The summed E-state index contributed by atoms with van der Waals surface area (Å²) in [5, 5.41) is 3.04. The molecule has 0 aliphatic carbocycles. The van der Waals surface area contributed by atoms with Crippen LogP contribution in [0.5, 0.6) is 0 Å². The zero-order valence-electron chi connectivity index (χ0n) is 17.2. The van der Waals surface area contributed by atoms with Gasteiger partial charge in [-0.1, -0.05) is 43.1 Å². The molecule has 1 atom stereocenters. The van der Waals surface area contributed by atoms with Crippen LogP contribution in [0, 0.1) is 11.8 Å². The minimum absolute atomic E-state index is 0.0413. The van der Waals surface area contributed by atoms with E-state index in [-0.39, 0.29) is 30.5 Å². The van der Waals surface area contributed by atoms with Crippen LogP contribution >= 0.6 is 23.2 Å². The van der Waals surface area contributed by atoms with Crippen LogP contribution in [0.3, 0.4) is 0 Å². The van der Waals surface area contributed by atoms with Crippen molar-refractivity contribution >= 4 is 52.4 Å². The van der Waals surface area contributed by atoms with Crippen molar-refractivity contribution in [1.29, 1.82) is 0 Å². The van der Waals surface area contributed by atoms with Crippen LogP contribution in [-0.2, 0) is 16.0 Å². The van der Waals surface area contributed by atoms with E-state index in [1.165, 1.54) is 0 Å². The maximum absolute atomic E-state index is 12.6. The molecule has 2 rings (SSSR count). The number of amides is 2. The predicted octanol–water partition coefficient (Wildman–Crippen LogP) is 3.62. The molecular weight excluding hydrogens is 439 g/mol. The molecule has 5 N–H and O–H groups in total. The van der Waals surface area contributed by atoms with Gasteiger partial charge in [0, 0.05) is 33.6 Å². The number of benzene rings is 2. The Kier molecular flexibility index (Phi) is 8.59. The first-order chi connectivity index (χ1) is 14.6. The van der Waals surface area contributed by atoms with Gasteiger partial charge in [0.05, 0.1) is 6.42 Å². The fourth-order valence-corrected chi connectivity index (χ4v) is 3.40. The first-order valence-electron chi connectivity index (χ1n) is 9.58. The summed E-state index contributed by atoms with van der Waals surface area (Å²) in [7, 11) is 0. The molecule has 0 radical (unpaired) electrons. The quantitative estimate of drug-likeness (QED) is 0.250. The molecule has 0 saturated heterocycles. The summed E-state index contributed by atoms with van der Waals surface area (Å²) in [5.74, 6) is -2.55. The first kappa shape index (κ1) is 24.4. The van der Waals surface area contributed by atoms with E-state index in [0.29, 0.717) is 26.9 Å². The maximum atomic E-state index is 12.6. The van der Waals surface area contributed by atoms with E-state index in [0.717, 1.165) is 0 Å². The van der Waals surface area contributed by atoms with Gasteiger partial charge in [0.15, 0.2) is 5.78 Å². The molecular formula is C22H24Cl2N4O3. The van der Waals surface area contributed by atoms with Gasteiger partial charge in [-0.15, -0.1) is 0 Å². The highest BCUT2D eigenvalue weighted by atomic mass is 35.5. The van der Waals surface area contributed by atoms with Gasteiger partial charge in [-0.25, -0.2) is 0 Å². The molecule has 0 unspecified atom stereocenters. The number of ketones is 1. The fraction of sp³-hybridized carbons (Fsp3) is 0.273. The number of nitrogens with two attached hydrogens (primary N) is 2. The molecule has 164 valence electrons. The zero-order valence-corrected chi connectivity index (χ0v) is 18.7. The lowest BCUT2D eigenvalue weighted by atomic mass is 9.88. The van der Waals surface area contributed by atoms with Crippen molar-refractivity contribution in [3.05, 3.63) is 63.6 Å². The number of Topliss-reactive ketones (excluding diaryl/α,β-unsaturated/α-hetero) is 1. The summed E-state index contributed by atoms with van der Waals surface area (Å²) >= 11 is 12.1. The third-order valence-corrected chi connectivity index (χ3v) is 5.37. The number of hydrogen-bond acceptors (Lipinski definition) is 4. The van der Waals surface area contributed by atoms with Crippen molar-refractivity contribution in [2.45, 2.75) is 26.7 Å². The molecule has 0 aromatic heterocycles. The number of nitrogens with zero attached hydrogens (tertiary/aromatic N) is 1. The summed E-state index contributed by atoms with van der Waals surface area (Å²) < 4.78 is 0. The number of halogens is 2. The van der Waals surface area contributed by atoms with Gasteiger partial charge < -0.3 is 11.5 Å². The van der Waals surface area contributed by atoms with Crippen LogP contribution in [0.15, 0.2) is 47.5 Å². The van der Waals surface area contributed by atoms with Crippen molar-refractivity contribution in [2.24, 2.45) is 22.6 Å². The lowest BCUT2D eigenvalue weighted by Gasteiger charge is -2.17. The van der Waals surface area contributed by atoms with Gasteiger partial charge in [0.2, 0.25) is 11.9 Å². The van der Waals surface area contributed by atoms with E-state index >= 15 is 0 Å². The van der Waals surface area contributed by atoms with Gasteiger partial charge in [0.25, 0.3) is 5.91 Å². The molecule has 9 heteroatoms. The number of guanidine groups is 1. The molecule has 2 aromatic rings. The second-order valence-corrected chi connectivity index (χ2v) is 8.17. The van der Waals surface area contributed by atoms with E-state index < -0.39 is 17.7 Å². The zero-order chi connectivity index (χ0) is 23.1. The maximum Gasteiger partial charge on any atom is 0.252 e. The Hall–Kier alpha value is -2.90. The van der Waals surface area contributed by atoms with Crippen molar-refractivity contribution in [1.82, 2.24) is 5.32 Å². The Morgan fingerprint density at radius 2 is 1.61 bits per heavy atom. The first-order valence-corrected chi connectivity index (χ1v) is 10.3. The van der Waals surface area contributed by atoms with Gasteiger partial charge in [-0.05, 0) is 47.9 Å². The van der Waals surface area contributed by atoms with Gasteiger partial charge in [-0.3, -0.25) is 19.7 Å². The molecule has 0 fully saturated rings. The van der Waals surface area contributed by atoms with Crippen LogP contribution < -0.4 is 16.8 Å². The average Bonchev–Trinajstić information content (AvgIpc) is 2.68. The Bertz CT molecular complexity index is 984. The number of carbonyl (C=O) groups excluding carboxylic acids is 3. The van der Waals surface area contributed by atoms with Crippen molar-refractivity contribution < 1.29 is 14.4 Å². The minimum Gasteiger partial charge on any atom is -0.399 e. The number of nitrogen functional groups attached to an aromatic ring is 1. The third-order valence-electron chi connectivity index (χ3n) is 4.66. The highest BCUT2D eigenvalue weighted by Gasteiger charge is 2.26. The van der Waals surface area contributed by atoms with E-state index in [1.54, 1.807) is 42.5 Å². The average molecular weight is 463 g/mol. The monoisotopic (exact) mass is 462 g/mol. The standard InChI is InChI=1S/C22H24Cl2N4O3/c1-12(2)15(10-19(29)13-6-8-14(25)9-7-13)21(31)28-22(26)27-20(30)11-16-17(23)4-3-5-18(16)24/h3-9,12,15H,10-11,25H2,1-2H3,(H3,26,27,28,30,31)/t15-/m1/s1. The number of aliphatic imine (C=N–C) groups is 1. The smallest absolute Gasteiger partial charge is 0.252 e. The minimum atomic E-state index is -0.696. The largest absolute Gasteiger partial charge is 0.399 e. The molecule has 0 heterocycles. The van der Waals surface area contributed by atoms with Gasteiger partial charge >= 0.3 is 0 Å². The van der Waals surface area contributed by atoms with Crippen LogP contribution in [0.25, 0.3) is 0 Å². The van der Waals surface area contributed by atoms with Crippen LogP contribution in [0.4, 0.5) is 5.69 Å². The molecule has 31 heavy (non-hydrogen) atoms. The fourth-order valence-electron chi connectivity index (χ4n) is 2.87. The Morgan fingerprint density at radius 3 is 2.16 bits per heavy atom. The number of anilines is 1. The van der Waals surface area contributed by atoms with Crippen LogP contribution in [0.1, 0.15) is 36.2 Å². The number of nitrogens with one attached hydrogen (secondary N) is 1. The second-order valence-electron chi connectivity index (χ2n) is 7.36. The topological polar surface area (TPSA) is 128 Å². The van der Waals surface area contributed by atoms with E-state index in [9.17, 15) is 14.4 Å². The molecule has 2 amide bonds. The molecule has 0 saturated carbocycles. The SMILES string of the molecule is CC(C)[C@@H](CC(=O)c1ccc(N)cc1)C(=O)N=C(N)NC(=O)Cc1c(Cl)cccc1Cl. The van der Waals surface area contributed by atoms with E-state index in [1.807, 2.05) is 13.8 Å². The normalized spacial score (nSPS) is 12.5. The van der Waals surface area contributed by atoms with Gasteiger partial charge in [0.1, 0.15) is 0 Å². The summed E-state index contributed by atoms with van der Waals surface area (Å²) in [6.45, 7) is 3.62. The summed E-state index contributed by atoms with van der Waals surface area (Å²) in [4.78, 5) is 41.2. The predicted molar refractivity (Wildman–Crippen MR) is 123 cm³/mol. The lowest BCUT2D eigenvalue weighted by Crippen LogP contribution is -2.39. The Morgan fingerprint density at radius 1 is 1.03 bits per heavy atom. The van der Waals surface area contributed by atoms with Crippen molar-refractivity contribution in [3.8, 4) is 0 Å². The molecule has 0 spiro atoms. The molecule has 0 aliphatic heterocycles. The Labute approximate surface area is 190 Å². The Balaban J connectivity index is 2.05. The van der Waals surface area contributed by atoms with Crippen molar-refractivity contribution in [3.63, 3.8) is 0 Å². The number of rotatable bonds is 7. The number of hydrogen-bond donors (Lipinski definition) is 3. The highest BCUT2D eigenvalue weighted by molar-refractivity contribution is 6.36. The van der Waals surface area contributed by atoms with Crippen LogP contribution in [0.2, 0.25) is 10.0 Å². The van der Waals surface area contributed by atoms with Crippen LogP contribution in [-0.4, -0.2) is 23.6 Å². The highest BCUT2D eigenvalue weighted by Crippen LogP contribution is 2.24. The van der Waals surface area contributed by atoms with Gasteiger partial charge in [-0.2, -0.15) is 4.99 Å². The summed E-state index contributed by atoms with van der Waals surface area (Å²) in [5.41, 5.74) is 12.8. The summed E-state index contributed by atoms with van der Waals surface area (Å²) in [6.07, 6.45) is -0.174.